The molecule has 2 aliphatic rings. The number of alkyl carbamates (subject to hydrolysis) is 1. The number of carbonyl (C=O) groups is 1. The summed E-state index contributed by atoms with van der Waals surface area (Å²) in [6, 6.07) is 3.11. The third-order valence-electron chi connectivity index (χ3n) is 7.28. The maximum absolute atomic E-state index is 12.7. The maximum Gasteiger partial charge on any atom is 0.408 e. The second-order valence-corrected chi connectivity index (χ2v) is 13.1. The van der Waals surface area contributed by atoms with Gasteiger partial charge in [-0.05, 0) is 87.9 Å². The van der Waals surface area contributed by atoms with E-state index >= 15 is 0 Å². The standard InChI is InChI=1S/C29H37BrN6O4/c1-18(39-29(5)10-11-29)26(34-27(38)40-28(2,3)4)22(17-37)33-21-13-32-36(16-21)23(12-19-6-7-19)24-14-31-25-9-8-20(30)15-35(24)25/h8-9,13-16,18-19,23,26,33H,6-7,10-12H2,1-5H3,(H,34,38)/t18-,23?,26-/m1/s1. The zero-order chi connectivity index (χ0) is 28.7. The van der Waals surface area contributed by atoms with Gasteiger partial charge in [-0.3, -0.25) is 4.68 Å². The van der Waals surface area contributed by atoms with Gasteiger partial charge in [-0.1, -0.05) is 12.8 Å². The molecule has 10 nitrogen and oxygen atoms in total. The van der Waals surface area contributed by atoms with Crippen LogP contribution in [0.15, 0.2) is 47.1 Å². The molecule has 214 valence electrons. The molecule has 3 heterocycles. The number of hydrogen-bond acceptors (Lipinski definition) is 7. The topological polar surface area (TPSA) is 112 Å². The fraction of sp³-hybridized carbons (Fsp3) is 0.552. The van der Waals surface area contributed by atoms with E-state index in [1.165, 1.54) is 12.8 Å². The number of nitrogens with zero attached hydrogens (tertiary/aromatic N) is 4. The average molecular weight is 614 g/mol. The minimum Gasteiger partial charge on any atom is -0.444 e. The van der Waals surface area contributed by atoms with Gasteiger partial charge >= 0.3 is 6.09 Å². The van der Waals surface area contributed by atoms with Crippen LogP contribution >= 0.6 is 15.9 Å². The molecule has 40 heavy (non-hydrogen) atoms. The van der Waals surface area contributed by atoms with Crippen LogP contribution in [0.5, 0.6) is 0 Å². The van der Waals surface area contributed by atoms with Gasteiger partial charge in [-0.25, -0.2) is 14.6 Å². The zero-order valence-electron chi connectivity index (χ0n) is 23.6. The lowest BCUT2D eigenvalue weighted by atomic mass is 10.1. The van der Waals surface area contributed by atoms with Crippen molar-refractivity contribution in [3.05, 3.63) is 52.8 Å². The van der Waals surface area contributed by atoms with Crippen LogP contribution in [0.2, 0.25) is 0 Å². The Kier molecular flexibility index (Phi) is 7.83. The van der Waals surface area contributed by atoms with E-state index in [1.807, 2.05) is 55.2 Å². The molecule has 3 aromatic heterocycles. The molecule has 5 rings (SSSR count). The van der Waals surface area contributed by atoms with Crippen LogP contribution in [0, 0.1) is 5.92 Å². The molecule has 1 amide bonds. The summed E-state index contributed by atoms with van der Waals surface area (Å²) in [5.74, 6) is 2.63. The first-order chi connectivity index (χ1) is 18.9. The molecule has 0 saturated heterocycles. The highest BCUT2D eigenvalue weighted by Gasteiger charge is 2.42. The molecule has 0 bridgehead atoms. The number of imidazole rings is 1. The number of nitrogens with one attached hydrogen (secondary N) is 2. The normalized spacial score (nSPS) is 18.4. The highest BCUT2D eigenvalue weighted by Crippen LogP contribution is 2.41. The molecule has 1 unspecified atom stereocenters. The Morgan fingerprint density at radius 1 is 1.25 bits per heavy atom. The molecular weight excluding hydrogens is 576 g/mol. The summed E-state index contributed by atoms with van der Waals surface area (Å²) < 4.78 is 16.6. The molecule has 0 spiro atoms. The van der Waals surface area contributed by atoms with Crippen molar-refractivity contribution in [2.45, 2.75) is 96.1 Å². The van der Waals surface area contributed by atoms with Gasteiger partial charge in [0.2, 0.25) is 0 Å². The van der Waals surface area contributed by atoms with Crippen molar-refractivity contribution in [1.29, 1.82) is 0 Å². The smallest absolute Gasteiger partial charge is 0.408 e. The molecule has 0 radical (unpaired) electrons. The number of halogens is 1. The van der Waals surface area contributed by atoms with Crippen LogP contribution in [-0.4, -0.2) is 54.5 Å². The number of carbonyl (C=O) groups excluding carboxylic acids is 2. The molecule has 11 heteroatoms. The molecule has 0 aromatic carbocycles. The summed E-state index contributed by atoms with van der Waals surface area (Å²) >= 11 is 3.57. The van der Waals surface area contributed by atoms with Gasteiger partial charge in [0, 0.05) is 16.9 Å². The van der Waals surface area contributed by atoms with Gasteiger partial charge < -0.3 is 24.5 Å². The van der Waals surface area contributed by atoms with Gasteiger partial charge in [0.05, 0.1) is 41.5 Å². The molecule has 2 saturated carbocycles. The highest BCUT2D eigenvalue weighted by atomic mass is 79.9. The van der Waals surface area contributed by atoms with Crippen LogP contribution in [0.4, 0.5) is 10.5 Å². The molecular formula is C29H37BrN6O4. The summed E-state index contributed by atoms with van der Waals surface area (Å²) in [4.78, 5) is 29.5. The van der Waals surface area contributed by atoms with Crippen LogP contribution in [0.25, 0.3) is 5.65 Å². The zero-order valence-corrected chi connectivity index (χ0v) is 25.2. The Balaban J connectivity index is 1.38. The maximum atomic E-state index is 12.7. The summed E-state index contributed by atoms with van der Waals surface area (Å²) in [5.41, 5.74) is 1.70. The Morgan fingerprint density at radius 3 is 2.65 bits per heavy atom. The number of pyridine rings is 1. The minimum absolute atomic E-state index is 0.0382. The van der Waals surface area contributed by atoms with Crippen molar-refractivity contribution in [2.24, 2.45) is 5.92 Å². The number of anilines is 1. The largest absolute Gasteiger partial charge is 0.444 e. The van der Waals surface area contributed by atoms with Crippen LogP contribution < -0.4 is 10.6 Å². The van der Waals surface area contributed by atoms with Gasteiger partial charge in [0.15, 0.2) is 0 Å². The third kappa shape index (κ3) is 6.95. The van der Waals surface area contributed by atoms with Gasteiger partial charge in [0.25, 0.3) is 0 Å². The van der Waals surface area contributed by atoms with Gasteiger partial charge in [0.1, 0.15) is 28.9 Å². The SMILES string of the molecule is C[C@@H](OC1(C)CC1)[C@@H](NC(=O)OC(C)(C)C)C(=C=O)Nc1cnn(C(CC2CC2)c2cnc3ccc(Br)cn23)c1. The van der Waals surface area contributed by atoms with Crippen molar-refractivity contribution in [1.82, 2.24) is 24.5 Å². The summed E-state index contributed by atoms with van der Waals surface area (Å²) in [5, 5.41) is 10.6. The monoisotopic (exact) mass is 612 g/mol. The molecule has 2 fully saturated rings. The highest BCUT2D eigenvalue weighted by molar-refractivity contribution is 9.10. The van der Waals surface area contributed by atoms with Crippen molar-refractivity contribution < 1.29 is 19.1 Å². The lowest BCUT2D eigenvalue weighted by molar-refractivity contribution is -0.0245. The lowest BCUT2D eigenvalue weighted by Crippen LogP contribution is -2.49. The fourth-order valence-corrected chi connectivity index (χ4v) is 5.16. The van der Waals surface area contributed by atoms with E-state index in [1.54, 1.807) is 27.0 Å². The van der Waals surface area contributed by atoms with Crippen LogP contribution in [0.1, 0.15) is 78.5 Å². The number of fused-ring (bicyclic) bond motifs is 1. The summed E-state index contributed by atoms with van der Waals surface area (Å²) in [7, 11) is 0. The second-order valence-electron chi connectivity index (χ2n) is 12.2. The Bertz CT molecular complexity index is 1430. The molecule has 0 aliphatic heterocycles. The van der Waals surface area contributed by atoms with E-state index in [0.717, 1.165) is 35.1 Å². The number of amides is 1. The van der Waals surface area contributed by atoms with Crippen molar-refractivity contribution in [3.63, 3.8) is 0 Å². The van der Waals surface area contributed by atoms with Crippen LogP contribution in [-0.2, 0) is 14.3 Å². The summed E-state index contributed by atoms with van der Waals surface area (Å²) in [6.45, 7) is 9.22. The first-order valence-corrected chi connectivity index (χ1v) is 14.6. The van der Waals surface area contributed by atoms with E-state index in [2.05, 4.69) is 41.0 Å². The average Bonchev–Trinajstić information content (AvgIpc) is 3.74. The first-order valence-electron chi connectivity index (χ1n) is 13.8. The quantitative estimate of drug-likeness (QED) is 0.269. The fourth-order valence-electron chi connectivity index (χ4n) is 4.82. The van der Waals surface area contributed by atoms with E-state index in [9.17, 15) is 9.59 Å². The predicted octanol–water partition coefficient (Wildman–Crippen LogP) is 5.66. The third-order valence-corrected chi connectivity index (χ3v) is 7.75. The lowest BCUT2D eigenvalue weighted by Gasteiger charge is -2.29. The molecule has 3 atom stereocenters. The first kappa shape index (κ1) is 28.4. The molecule has 2 aliphatic carbocycles. The predicted molar refractivity (Wildman–Crippen MR) is 155 cm³/mol. The van der Waals surface area contributed by atoms with Crippen molar-refractivity contribution in [3.8, 4) is 0 Å². The number of hydrogen-bond donors (Lipinski definition) is 2. The number of ether oxygens (including phenoxy) is 2. The van der Waals surface area contributed by atoms with E-state index in [0.29, 0.717) is 11.6 Å². The number of rotatable bonds is 11. The molecule has 3 aromatic rings. The van der Waals surface area contributed by atoms with Gasteiger partial charge in [-0.15, -0.1) is 0 Å². The van der Waals surface area contributed by atoms with E-state index in [-0.39, 0.29) is 17.3 Å². The minimum atomic E-state index is -0.800. The summed E-state index contributed by atoms with van der Waals surface area (Å²) in [6.07, 6.45) is 11.5. The number of aromatic nitrogens is 4. The van der Waals surface area contributed by atoms with E-state index < -0.39 is 23.8 Å². The second kappa shape index (κ2) is 11.0. The van der Waals surface area contributed by atoms with Gasteiger partial charge in [-0.2, -0.15) is 5.10 Å². The Hall–Kier alpha value is -3.14. The molecule has 2 N–H and O–H groups in total. The van der Waals surface area contributed by atoms with Crippen LogP contribution in [0.3, 0.4) is 0 Å². The van der Waals surface area contributed by atoms with Crippen molar-refractivity contribution in [2.75, 3.05) is 5.32 Å². The van der Waals surface area contributed by atoms with E-state index in [4.69, 9.17) is 9.47 Å². The Morgan fingerprint density at radius 2 is 2.00 bits per heavy atom. The Labute approximate surface area is 242 Å². The van der Waals surface area contributed by atoms with Crippen molar-refractivity contribution >= 4 is 39.3 Å².